The first-order valence-electron chi connectivity index (χ1n) is 4.13. The Hall–Kier alpha value is -1.64. The monoisotopic (exact) mass is 178 g/mol. The van der Waals surface area contributed by atoms with Crippen molar-refractivity contribution in [2.45, 2.75) is 31.3 Å². The summed E-state index contributed by atoms with van der Waals surface area (Å²) in [6.07, 6.45) is 6.48. The summed E-state index contributed by atoms with van der Waals surface area (Å²) in [5, 5.41) is 7.18. The van der Waals surface area contributed by atoms with Crippen LogP contribution >= 0.6 is 0 Å². The van der Waals surface area contributed by atoms with Crippen LogP contribution in [-0.4, -0.2) is 12.1 Å². The van der Waals surface area contributed by atoms with Crippen LogP contribution in [0.1, 0.15) is 19.3 Å². The van der Waals surface area contributed by atoms with Crippen LogP contribution in [-0.2, 0) is 0 Å². The molecule has 1 aliphatic rings. The average Bonchev–Trinajstić information content (AvgIpc) is 2.33. The molecule has 0 saturated carbocycles. The van der Waals surface area contributed by atoms with Crippen LogP contribution in [0.4, 0.5) is 0 Å². The van der Waals surface area contributed by atoms with Gasteiger partial charge in [-0.3, -0.25) is 0 Å². The molecule has 2 atom stereocenters. The Morgan fingerprint density at radius 2 is 2.00 bits per heavy atom. The first-order chi connectivity index (χ1) is 6.38. The lowest BCUT2D eigenvalue weighted by Crippen LogP contribution is -2.18. The van der Waals surface area contributed by atoms with E-state index >= 15 is 0 Å². The quantitative estimate of drug-likeness (QED) is 0.268. The van der Waals surface area contributed by atoms with Crippen LogP contribution in [0.25, 0.3) is 20.9 Å². The number of hydrogen-bond acceptors (Lipinski definition) is 2. The van der Waals surface area contributed by atoms with Crippen LogP contribution in [0.15, 0.2) is 22.4 Å². The van der Waals surface area contributed by atoms with Crippen LogP contribution < -0.4 is 0 Å². The van der Waals surface area contributed by atoms with Gasteiger partial charge in [0.15, 0.2) is 0 Å². The highest BCUT2D eigenvalue weighted by atomic mass is 15.2. The molecule has 0 spiro atoms. The minimum absolute atomic E-state index is 0.223. The molecule has 1 rings (SSSR count). The molecule has 13 heavy (non-hydrogen) atoms. The highest BCUT2D eigenvalue weighted by Gasteiger charge is 2.17. The van der Waals surface area contributed by atoms with Crippen LogP contribution in [0.2, 0.25) is 0 Å². The minimum atomic E-state index is -0.316. The summed E-state index contributed by atoms with van der Waals surface area (Å²) >= 11 is 0. The fourth-order valence-electron chi connectivity index (χ4n) is 1.35. The average molecular weight is 178 g/mol. The maximum Gasteiger partial charge on any atom is 0.0639 e. The Morgan fingerprint density at radius 1 is 1.23 bits per heavy atom. The molecular formula is C7H10N6. The van der Waals surface area contributed by atoms with Crippen molar-refractivity contribution in [1.82, 2.24) is 0 Å². The second-order valence-electron chi connectivity index (χ2n) is 2.83. The van der Waals surface area contributed by atoms with E-state index in [9.17, 15) is 0 Å². The summed E-state index contributed by atoms with van der Waals surface area (Å²) in [4.78, 5) is 5.47. The second kappa shape index (κ2) is 5.09. The number of nitrogens with zero attached hydrogens (tertiary/aromatic N) is 6. The highest BCUT2D eigenvalue weighted by molar-refractivity contribution is 5.02. The van der Waals surface area contributed by atoms with Crippen LogP contribution in [0, 0.1) is 0 Å². The molecule has 0 unspecified atom stereocenters. The molecule has 0 saturated heterocycles. The zero-order valence-electron chi connectivity index (χ0n) is 7.11. The summed E-state index contributed by atoms with van der Waals surface area (Å²) in [6, 6.07) is -0.539. The summed E-state index contributed by atoms with van der Waals surface area (Å²) in [6.45, 7) is 0. The van der Waals surface area contributed by atoms with Gasteiger partial charge in [0.05, 0.1) is 6.04 Å². The molecule has 0 radical (unpaired) electrons. The van der Waals surface area contributed by atoms with Gasteiger partial charge in [0.1, 0.15) is 0 Å². The molecule has 6 heteroatoms. The number of rotatable bonds is 2. The zero-order valence-corrected chi connectivity index (χ0v) is 7.11. The smallest absolute Gasteiger partial charge is 0.0639 e. The maximum absolute atomic E-state index is 8.30. The Morgan fingerprint density at radius 3 is 2.69 bits per heavy atom. The van der Waals surface area contributed by atoms with Gasteiger partial charge >= 0.3 is 0 Å². The van der Waals surface area contributed by atoms with Gasteiger partial charge in [0.25, 0.3) is 0 Å². The fraction of sp³-hybridized carbons (Fsp3) is 0.714. The highest BCUT2D eigenvalue weighted by Crippen LogP contribution is 2.18. The van der Waals surface area contributed by atoms with Gasteiger partial charge in [-0.25, -0.2) is 0 Å². The van der Waals surface area contributed by atoms with Crippen molar-refractivity contribution in [2.75, 3.05) is 0 Å². The summed E-state index contributed by atoms with van der Waals surface area (Å²) in [7, 11) is 0. The maximum atomic E-state index is 8.30. The lowest BCUT2D eigenvalue weighted by atomic mass is 10.1. The largest absolute Gasteiger partial charge is 0.0899 e. The molecule has 0 bridgehead atoms. The molecule has 68 valence electrons. The predicted molar refractivity (Wildman–Crippen MR) is 48.9 cm³/mol. The SMILES string of the molecule is [N-]=[N+]=N[C@H]1CCCC=C[C@H]1N=[N+]=[N-]. The predicted octanol–water partition coefficient (Wildman–Crippen LogP) is 3.08. The lowest BCUT2D eigenvalue weighted by molar-refractivity contribution is 0.548. The van der Waals surface area contributed by atoms with Crippen molar-refractivity contribution in [1.29, 1.82) is 0 Å². The van der Waals surface area contributed by atoms with Crippen molar-refractivity contribution >= 4 is 0 Å². The van der Waals surface area contributed by atoms with Gasteiger partial charge < -0.3 is 0 Å². The second-order valence-corrected chi connectivity index (χ2v) is 2.83. The molecule has 0 heterocycles. The fourth-order valence-corrected chi connectivity index (χ4v) is 1.35. The van der Waals surface area contributed by atoms with E-state index in [0.717, 1.165) is 19.3 Å². The molecule has 0 aromatic rings. The summed E-state index contributed by atoms with van der Waals surface area (Å²) < 4.78 is 0. The van der Waals surface area contributed by atoms with Crippen molar-refractivity contribution in [3.8, 4) is 0 Å². The first-order valence-corrected chi connectivity index (χ1v) is 4.13. The van der Waals surface area contributed by atoms with E-state index in [1.165, 1.54) is 0 Å². The zero-order chi connectivity index (χ0) is 9.52. The van der Waals surface area contributed by atoms with E-state index in [2.05, 4.69) is 20.1 Å². The normalized spacial score (nSPS) is 26.8. The third kappa shape index (κ3) is 2.71. The van der Waals surface area contributed by atoms with E-state index in [1.807, 2.05) is 12.2 Å². The molecular weight excluding hydrogens is 168 g/mol. The van der Waals surface area contributed by atoms with Crippen LogP contribution in [0.5, 0.6) is 0 Å². The molecule has 1 aliphatic carbocycles. The van der Waals surface area contributed by atoms with Gasteiger partial charge in [-0.15, -0.1) is 0 Å². The number of allylic oxidation sites excluding steroid dienone is 1. The summed E-state index contributed by atoms with van der Waals surface area (Å²) in [5.74, 6) is 0. The van der Waals surface area contributed by atoms with Gasteiger partial charge in [-0.1, -0.05) is 22.4 Å². The van der Waals surface area contributed by atoms with Gasteiger partial charge in [-0.05, 0) is 30.3 Å². The Labute approximate surface area is 75.5 Å². The molecule has 0 aromatic carbocycles. The third-order valence-corrected chi connectivity index (χ3v) is 1.98. The molecule has 0 fully saturated rings. The van der Waals surface area contributed by atoms with Crippen molar-refractivity contribution in [3.63, 3.8) is 0 Å². The summed E-state index contributed by atoms with van der Waals surface area (Å²) in [5.41, 5.74) is 16.6. The van der Waals surface area contributed by atoms with Gasteiger partial charge in [0.2, 0.25) is 0 Å². The Bertz CT molecular complexity index is 283. The lowest BCUT2D eigenvalue weighted by Gasteiger charge is -2.11. The first kappa shape index (κ1) is 9.45. The van der Waals surface area contributed by atoms with Gasteiger partial charge in [0, 0.05) is 15.9 Å². The topological polar surface area (TPSA) is 97.5 Å². The van der Waals surface area contributed by atoms with Crippen molar-refractivity contribution in [3.05, 3.63) is 33.0 Å². The molecule has 0 amide bonds. The van der Waals surface area contributed by atoms with Crippen LogP contribution in [0.3, 0.4) is 0 Å². The van der Waals surface area contributed by atoms with E-state index in [-0.39, 0.29) is 12.1 Å². The van der Waals surface area contributed by atoms with Crippen molar-refractivity contribution in [2.24, 2.45) is 10.2 Å². The number of hydrogen-bond donors (Lipinski definition) is 0. The van der Waals surface area contributed by atoms with E-state index < -0.39 is 0 Å². The Kier molecular flexibility index (Phi) is 3.70. The van der Waals surface area contributed by atoms with E-state index in [4.69, 9.17) is 11.1 Å². The number of azide groups is 2. The standard InChI is InChI=1S/C7H10N6/c8-12-10-6-4-2-1-3-5-7(6)11-13-9/h2,4,6-7H,1,3,5H2/t6-,7+/m1/s1. The molecule has 0 aromatic heterocycles. The molecule has 0 N–H and O–H groups in total. The van der Waals surface area contributed by atoms with E-state index in [1.54, 1.807) is 0 Å². The van der Waals surface area contributed by atoms with Gasteiger partial charge in [-0.2, -0.15) is 0 Å². The van der Waals surface area contributed by atoms with Crippen molar-refractivity contribution < 1.29 is 0 Å². The van der Waals surface area contributed by atoms with E-state index in [0.29, 0.717) is 0 Å². The Balaban J connectivity index is 2.81. The molecule has 0 aliphatic heterocycles. The minimum Gasteiger partial charge on any atom is -0.0899 e. The molecule has 6 nitrogen and oxygen atoms in total. The third-order valence-electron chi connectivity index (χ3n) is 1.98.